The molecule has 0 saturated carbocycles. The Morgan fingerprint density at radius 3 is 2.86 bits per heavy atom. The molecule has 1 unspecified atom stereocenters. The molecule has 0 aromatic heterocycles. The number of methoxy groups -OCH3 is 1. The summed E-state index contributed by atoms with van der Waals surface area (Å²) in [4.78, 5) is 12.6. The maximum atomic E-state index is 12.6. The van der Waals surface area contributed by atoms with Gasteiger partial charge < -0.3 is 20.1 Å². The van der Waals surface area contributed by atoms with Crippen LogP contribution in [0.2, 0.25) is 0 Å². The predicted molar refractivity (Wildman–Crippen MR) is 82.8 cm³/mol. The Hall–Kier alpha value is -1.59. The number of aryl methyl sites for hydroxylation is 1. The molecule has 2 rings (SSSR count). The van der Waals surface area contributed by atoms with E-state index in [0.717, 1.165) is 30.0 Å². The molecule has 0 aliphatic carbocycles. The first-order valence-corrected chi connectivity index (χ1v) is 7.36. The highest BCUT2D eigenvalue weighted by molar-refractivity contribution is 5.96. The van der Waals surface area contributed by atoms with Gasteiger partial charge in [0, 0.05) is 19.3 Å². The highest BCUT2D eigenvalue weighted by atomic mass is 16.5. The van der Waals surface area contributed by atoms with Gasteiger partial charge in [-0.3, -0.25) is 4.79 Å². The second-order valence-corrected chi connectivity index (χ2v) is 5.50. The molecule has 5 nitrogen and oxygen atoms in total. The average molecular weight is 292 g/mol. The van der Waals surface area contributed by atoms with Gasteiger partial charge in [-0.2, -0.15) is 0 Å². The zero-order valence-corrected chi connectivity index (χ0v) is 13.0. The largest absolute Gasteiger partial charge is 0.494 e. The molecule has 1 fully saturated rings. The Morgan fingerprint density at radius 1 is 1.48 bits per heavy atom. The van der Waals surface area contributed by atoms with Gasteiger partial charge in [0.1, 0.15) is 5.75 Å². The lowest BCUT2D eigenvalue weighted by atomic mass is 9.87. The fourth-order valence-electron chi connectivity index (χ4n) is 2.69. The van der Waals surface area contributed by atoms with E-state index < -0.39 is 5.41 Å². The highest BCUT2D eigenvalue weighted by Crippen LogP contribution is 2.29. The Balaban J connectivity index is 2.11. The summed E-state index contributed by atoms with van der Waals surface area (Å²) in [6.45, 7) is 6.48. The maximum absolute atomic E-state index is 12.6. The summed E-state index contributed by atoms with van der Waals surface area (Å²) in [7, 11) is 1.63. The molecular weight excluding hydrogens is 268 g/mol. The first-order valence-electron chi connectivity index (χ1n) is 7.36. The summed E-state index contributed by atoms with van der Waals surface area (Å²) in [6, 6.07) is 5.71. The van der Waals surface area contributed by atoms with Crippen LogP contribution in [0.1, 0.15) is 18.9 Å². The van der Waals surface area contributed by atoms with E-state index in [1.54, 1.807) is 7.11 Å². The van der Waals surface area contributed by atoms with Crippen molar-refractivity contribution in [1.82, 2.24) is 5.32 Å². The molecule has 2 N–H and O–H groups in total. The number of carbonyl (C=O) groups is 1. The van der Waals surface area contributed by atoms with E-state index in [9.17, 15) is 4.79 Å². The van der Waals surface area contributed by atoms with Crippen molar-refractivity contribution in [3.63, 3.8) is 0 Å². The van der Waals surface area contributed by atoms with E-state index in [-0.39, 0.29) is 5.91 Å². The molecular formula is C16H24N2O3. The fourth-order valence-corrected chi connectivity index (χ4v) is 2.69. The van der Waals surface area contributed by atoms with E-state index in [4.69, 9.17) is 9.47 Å². The summed E-state index contributed by atoms with van der Waals surface area (Å²) in [5.74, 6) is 0.837. The SMILES string of the molecule is CCOc1ccc(NC(=O)C2(COC)CCNC2)c(C)c1. The summed E-state index contributed by atoms with van der Waals surface area (Å²) in [6.07, 6.45) is 0.794. The number of nitrogens with one attached hydrogen (secondary N) is 2. The normalized spacial score (nSPS) is 21.3. The number of hydrogen-bond donors (Lipinski definition) is 2. The number of benzene rings is 1. The van der Waals surface area contributed by atoms with Crippen LogP contribution >= 0.6 is 0 Å². The van der Waals surface area contributed by atoms with Crippen molar-refractivity contribution in [1.29, 1.82) is 0 Å². The maximum Gasteiger partial charge on any atom is 0.234 e. The molecule has 0 bridgehead atoms. The predicted octanol–water partition coefficient (Wildman–Crippen LogP) is 1.96. The molecule has 1 heterocycles. The van der Waals surface area contributed by atoms with Crippen molar-refractivity contribution >= 4 is 11.6 Å². The monoisotopic (exact) mass is 292 g/mol. The number of anilines is 1. The van der Waals surface area contributed by atoms with E-state index in [1.165, 1.54) is 0 Å². The van der Waals surface area contributed by atoms with Gasteiger partial charge in [0.15, 0.2) is 0 Å². The van der Waals surface area contributed by atoms with Crippen LogP contribution in [0.4, 0.5) is 5.69 Å². The standard InChI is InChI=1S/C16H24N2O3/c1-4-21-13-5-6-14(12(2)9-13)18-15(19)16(11-20-3)7-8-17-10-16/h5-6,9,17H,4,7-8,10-11H2,1-3H3,(H,18,19). The van der Waals surface area contributed by atoms with E-state index >= 15 is 0 Å². The van der Waals surface area contributed by atoms with Crippen LogP contribution in [0.25, 0.3) is 0 Å². The summed E-state index contributed by atoms with van der Waals surface area (Å²) >= 11 is 0. The van der Waals surface area contributed by atoms with Gasteiger partial charge in [0.25, 0.3) is 0 Å². The van der Waals surface area contributed by atoms with Gasteiger partial charge in [-0.25, -0.2) is 0 Å². The lowest BCUT2D eigenvalue weighted by Crippen LogP contribution is -2.41. The molecule has 0 spiro atoms. The van der Waals surface area contributed by atoms with Crippen LogP contribution in [0.5, 0.6) is 5.75 Å². The number of hydrogen-bond acceptors (Lipinski definition) is 4. The Bertz CT molecular complexity index is 496. The minimum absolute atomic E-state index is 0.0154. The van der Waals surface area contributed by atoms with Crippen molar-refractivity contribution in [2.75, 3.05) is 38.7 Å². The second-order valence-electron chi connectivity index (χ2n) is 5.50. The van der Waals surface area contributed by atoms with Gasteiger partial charge in [-0.15, -0.1) is 0 Å². The quantitative estimate of drug-likeness (QED) is 0.841. The molecule has 1 aromatic carbocycles. The van der Waals surface area contributed by atoms with Gasteiger partial charge in [-0.1, -0.05) is 0 Å². The van der Waals surface area contributed by atoms with E-state index in [0.29, 0.717) is 19.8 Å². The molecule has 21 heavy (non-hydrogen) atoms. The summed E-state index contributed by atoms with van der Waals surface area (Å²) in [5.41, 5.74) is 1.35. The molecule has 1 atom stereocenters. The third-order valence-electron chi connectivity index (χ3n) is 3.90. The lowest BCUT2D eigenvalue weighted by Gasteiger charge is -2.26. The van der Waals surface area contributed by atoms with Gasteiger partial charge in [-0.05, 0) is 50.6 Å². The third-order valence-corrected chi connectivity index (χ3v) is 3.90. The number of carbonyl (C=O) groups excluding carboxylic acids is 1. The van der Waals surface area contributed by atoms with Crippen LogP contribution in [-0.4, -0.2) is 39.3 Å². The number of amides is 1. The zero-order valence-electron chi connectivity index (χ0n) is 13.0. The molecule has 116 valence electrons. The van der Waals surface area contributed by atoms with Crippen LogP contribution in [0.3, 0.4) is 0 Å². The first-order chi connectivity index (χ1) is 10.1. The van der Waals surface area contributed by atoms with Crippen LogP contribution < -0.4 is 15.4 Å². The van der Waals surface area contributed by atoms with Crippen molar-refractivity contribution in [3.8, 4) is 5.75 Å². The first kappa shape index (κ1) is 15.8. The Morgan fingerprint density at radius 2 is 2.29 bits per heavy atom. The van der Waals surface area contributed by atoms with Crippen molar-refractivity contribution < 1.29 is 14.3 Å². The minimum Gasteiger partial charge on any atom is -0.494 e. The van der Waals surface area contributed by atoms with Crippen molar-refractivity contribution in [2.45, 2.75) is 20.3 Å². The third kappa shape index (κ3) is 3.54. The van der Waals surface area contributed by atoms with E-state index in [1.807, 2.05) is 32.0 Å². The van der Waals surface area contributed by atoms with Crippen LogP contribution in [0.15, 0.2) is 18.2 Å². The Labute approximate surface area is 126 Å². The molecule has 1 aliphatic rings. The lowest BCUT2D eigenvalue weighted by molar-refractivity contribution is -0.127. The van der Waals surface area contributed by atoms with Crippen LogP contribution in [-0.2, 0) is 9.53 Å². The second kappa shape index (κ2) is 6.91. The average Bonchev–Trinajstić information content (AvgIpc) is 2.92. The van der Waals surface area contributed by atoms with Gasteiger partial charge in [0.2, 0.25) is 5.91 Å². The summed E-state index contributed by atoms with van der Waals surface area (Å²) < 4.78 is 10.7. The molecule has 1 aliphatic heterocycles. The number of ether oxygens (including phenoxy) is 2. The van der Waals surface area contributed by atoms with Crippen molar-refractivity contribution in [3.05, 3.63) is 23.8 Å². The van der Waals surface area contributed by atoms with Crippen molar-refractivity contribution in [2.24, 2.45) is 5.41 Å². The fraction of sp³-hybridized carbons (Fsp3) is 0.562. The molecule has 1 amide bonds. The van der Waals surface area contributed by atoms with Gasteiger partial charge in [0.05, 0.1) is 18.6 Å². The number of rotatable bonds is 6. The molecule has 0 radical (unpaired) electrons. The Kier molecular flexibility index (Phi) is 5.20. The molecule has 5 heteroatoms. The molecule has 1 aromatic rings. The van der Waals surface area contributed by atoms with E-state index in [2.05, 4.69) is 10.6 Å². The van der Waals surface area contributed by atoms with Gasteiger partial charge >= 0.3 is 0 Å². The molecule has 1 saturated heterocycles. The minimum atomic E-state index is -0.472. The smallest absolute Gasteiger partial charge is 0.234 e. The summed E-state index contributed by atoms with van der Waals surface area (Å²) in [5, 5.41) is 6.28. The zero-order chi connectivity index (χ0) is 15.3. The topological polar surface area (TPSA) is 59.6 Å². The highest BCUT2D eigenvalue weighted by Gasteiger charge is 2.41. The van der Waals surface area contributed by atoms with Crippen LogP contribution in [0, 0.1) is 12.3 Å².